The van der Waals surface area contributed by atoms with E-state index in [1.54, 1.807) is 0 Å². The van der Waals surface area contributed by atoms with Gasteiger partial charge in [0.2, 0.25) is 0 Å². The lowest BCUT2D eigenvalue weighted by atomic mass is 10.0. The van der Waals surface area contributed by atoms with Gasteiger partial charge in [0.15, 0.2) is 0 Å². The molecule has 1 heterocycles. The summed E-state index contributed by atoms with van der Waals surface area (Å²) < 4.78 is 1.14. The van der Waals surface area contributed by atoms with Gasteiger partial charge in [0.05, 0.1) is 0 Å². The van der Waals surface area contributed by atoms with E-state index >= 15 is 0 Å². The van der Waals surface area contributed by atoms with Crippen LogP contribution >= 0.6 is 28.3 Å². The molecule has 1 saturated heterocycles. The van der Waals surface area contributed by atoms with Crippen LogP contribution in [0.2, 0.25) is 0 Å². The molecule has 21 heavy (non-hydrogen) atoms. The number of nitrogens with two attached hydrogens (primary N) is 1. The van der Waals surface area contributed by atoms with Gasteiger partial charge in [-0.05, 0) is 38.5 Å². The van der Waals surface area contributed by atoms with Crippen molar-refractivity contribution >= 4 is 28.3 Å². The Hall–Kier alpha value is -0.130. The maximum Gasteiger partial charge on any atom is 0.0320 e. The molecule has 1 unspecified atom stereocenters. The van der Waals surface area contributed by atoms with Gasteiger partial charge >= 0.3 is 0 Å². The van der Waals surface area contributed by atoms with Gasteiger partial charge in [0.25, 0.3) is 0 Å². The Labute approximate surface area is 143 Å². The van der Waals surface area contributed by atoms with Crippen LogP contribution in [0.15, 0.2) is 28.7 Å². The summed E-state index contributed by atoms with van der Waals surface area (Å²) in [6.45, 7) is 11.9. The third-order valence-corrected chi connectivity index (χ3v) is 4.47. The predicted octanol–water partition coefficient (Wildman–Crippen LogP) is 3.29. The van der Waals surface area contributed by atoms with Crippen LogP contribution in [0.4, 0.5) is 0 Å². The van der Waals surface area contributed by atoms with Crippen molar-refractivity contribution in [3.8, 4) is 0 Å². The zero-order valence-electron chi connectivity index (χ0n) is 13.2. The molecular formula is C16H27BrClN3. The van der Waals surface area contributed by atoms with E-state index in [9.17, 15) is 0 Å². The number of rotatable bonds is 4. The molecule has 2 rings (SSSR count). The Balaban J connectivity index is 0.00000220. The van der Waals surface area contributed by atoms with E-state index < -0.39 is 0 Å². The maximum atomic E-state index is 6.11. The van der Waals surface area contributed by atoms with Crippen molar-refractivity contribution in [1.29, 1.82) is 0 Å². The Kier molecular flexibility index (Phi) is 7.14. The summed E-state index contributed by atoms with van der Waals surface area (Å²) in [6.07, 6.45) is 0. The molecule has 3 nitrogen and oxygen atoms in total. The summed E-state index contributed by atoms with van der Waals surface area (Å²) in [4.78, 5) is 5.04. The van der Waals surface area contributed by atoms with Crippen molar-refractivity contribution < 1.29 is 0 Å². The van der Waals surface area contributed by atoms with E-state index in [0.29, 0.717) is 6.04 Å². The first-order chi connectivity index (χ1) is 9.35. The van der Waals surface area contributed by atoms with Gasteiger partial charge in [-0.1, -0.05) is 28.1 Å². The molecule has 1 atom stereocenters. The van der Waals surface area contributed by atoms with Crippen LogP contribution in [-0.4, -0.2) is 48.1 Å². The Morgan fingerprint density at radius 3 is 2.14 bits per heavy atom. The highest BCUT2D eigenvalue weighted by atomic mass is 79.9. The van der Waals surface area contributed by atoms with Crippen LogP contribution in [-0.2, 0) is 0 Å². The third-order valence-electron chi connectivity index (χ3n) is 3.94. The van der Waals surface area contributed by atoms with E-state index in [2.05, 4.69) is 70.8 Å². The van der Waals surface area contributed by atoms with Crippen molar-refractivity contribution in [1.82, 2.24) is 9.80 Å². The van der Waals surface area contributed by atoms with Crippen molar-refractivity contribution in [2.75, 3.05) is 32.7 Å². The first-order valence-electron chi connectivity index (χ1n) is 7.36. The molecule has 0 amide bonds. The van der Waals surface area contributed by atoms with Crippen molar-refractivity contribution in [3.63, 3.8) is 0 Å². The van der Waals surface area contributed by atoms with Crippen LogP contribution in [0.25, 0.3) is 0 Å². The van der Waals surface area contributed by atoms with Crippen molar-refractivity contribution in [2.45, 2.75) is 32.4 Å². The molecule has 2 N–H and O–H groups in total. The first kappa shape index (κ1) is 18.9. The second-order valence-corrected chi connectivity index (χ2v) is 7.44. The van der Waals surface area contributed by atoms with Gasteiger partial charge in [0.1, 0.15) is 0 Å². The number of halogens is 2. The average Bonchev–Trinajstić information content (AvgIpc) is 2.38. The lowest BCUT2D eigenvalue weighted by Crippen LogP contribution is -2.53. The fourth-order valence-electron chi connectivity index (χ4n) is 2.84. The van der Waals surface area contributed by atoms with E-state index in [1.165, 1.54) is 5.56 Å². The molecule has 1 aromatic rings. The quantitative estimate of drug-likeness (QED) is 0.875. The minimum Gasteiger partial charge on any atom is -0.324 e. The zero-order chi connectivity index (χ0) is 14.8. The fourth-order valence-corrected chi connectivity index (χ4v) is 3.10. The molecular weight excluding hydrogens is 350 g/mol. The molecule has 1 aliphatic rings. The molecule has 120 valence electrons. The molecule has 0 aromatic heterocycles. The van der Waals surface area contributed by atoms with E-state index in [0.717, 1.165) is 37.2 Å². The normalized spacial score (nSPS) is 19.1. The molecule has 0 aliphatic carbocycles. The largest absolute Gasteiger partial charge is 0.324 e. The van der Waals surface area contributed by atoms with E-state index in [-0.39, 0.29) is 17.9 Å². The number of nitrogens with zero attached hydrogens (tertiary/aromatic N) is 2. The summed E-state index contributed by atoms with van der Waals surface area (Å²) in [5, 5.41) is 0. The van der Waals surface area contributed by atoms with Gasteiger partial charge in [0, 0.05) is 48.8 Å². The highest BCUT2D eigenvalue weighted by Crippen LogP contribution is 2.23. The van der Waals surface area contributed by atoms with Crippen molar-refractivity contribution in [2.24, 2.45) is 5.73 Å². The maximum absolute atomic E-state index is 6.11. The lowest BCUT2D eigenvalue weighted by Gasteiger charge is -2.40. The van der Waals surface area contributed by atoms with Crippen LogP contribution in [0.5, 0.6) is 0 Å². The first-order valence-corrected chi connectivity index (χ1v) is 8.15. The van der Waals surface area contributed by atoms with Gasteiger partial charge in [-0.15, -0.1) is 12.4 Å². The van der Waals surface area contributed by atoms with Crippen molar-refractivity contribution in [3.05, 3.63) is 34.3 Å². The van der Waals surface area contributed by atoms with E-state index in [1.807, 2.05) is 0 Å². The topological polar surface area (TPSA) is 32.5 Å². The smallest absolute Gasteiger partial charge is 0.0320 e. The van der Waals surface area contributed by atoms with Crippen LogP contribution in [0.1, 0.15) is 32.4 Å². The van der Waals surface area contributed by atoms with Crippen LogP contribution in [0, 0.1) is 0 Å². The molecule has 1 aromatic carbocycles. The van der Waals surface area contributed by atoms with Crippen LogP contribution in [0.3, 0.4) is 0 Å². The lowest BCUT2D eigenvalue weighted by molar-refractivity contribution is 0.0904. The zero-order valence-corrected chi connectivity index (χ0v) is 15.6. The Morgan fingerprint density at radius 1 is 1.14 bits per heavy atom. The number of benzene rings is 1. The van der Waals surface area contributed by atoms with Crippen LogP contribution < -0.4 is 5.73 Å². The second kappa shape index (κ2) is 7.93. The Bertz CT molecular complexity index is 422. The highest BCUT2D eigenvalue weighted by molar-refractivity contribution is 9.10. The average molecular weight is 377 g/mol. The molecule has 1 fully saturated rings. The van der Waals surface area contributed by atoms with Gasteiger partial charge in [-0.2, -0.15) is 0 Å². The van der Waals surface area contributed by atoms with Gasteiger partial charge in [-0.3, -0.25) is 9.80 Å². The summed E-state index contributed by atoms with van der Waals surface area (Å²) in [7, 11) is 0. The number of hydrogen-bond acceptors (Lipinski definition) is 3. The molecule has 0 spiro atoms. The molecule has 1 aliphatic heterocycles. The minimum absolute atomic E-state index is 0. The number of piperazine rings is 1. The monoisotopic (exact) mass is 375 g/mol. The highest BCUT2D eigenvalue weighted by Gasteiger charge is 2.24. The minimum atomic E-state index is -0.0977. The SMILES string of the molecule is CC(c1ccc(Br)cc1)N1CCN(CC(C)(C)N)CC1.Cl. The van der Waals surface area contributed by atoms with Gasteiger partial charge < -0.3 is 5.73 Å². The van der Waals surface area contributed by atoms with Gasteiger partial charge in [-0.25, -0.2) is 0 Å². The summed E-state index contributed by atoms with van der Waals surface area (Å²) in [5.74, 6) is 0. The summed E-state index contributed by atoms with van der Waals surface area (Å²) >= 11 is 3.49. The molecule has 0 bridgehead atoms. The molecule has 0 saturated carbocycles. The van der Waals surface area contributed by atoms with E-state index in [4.69, 9.17) is 5.73 Å². The number of hydrogen-bond donors (Lipinski definition) is 1. The molecule has 0 radical (unpaired) electrons. The summed E-state index contributed by atoms with van der Waals surface area (Å²) in [5.41, 5.74) is 7.40. The third kappa shape index (κ3) is 5.87. The fraction of sp³-hybridized carbons (Fsp3) is 0.625. The standard InChI is InChI=1S/C16H26BrN3.ClH/c1-13(14-4-6-15(17)7-5-14)20-10-8-19(9-11-20)12-16(2,3)18;/h4-7,13H,8-12,18H2,1-3H3;1H. The molecule has 5 heteroatoms. The summed E-state index contributed by atoms with van der Waals surface area (Å²) in [6, 6.07) is 9.16. The Morgan fingerprint density at radius 2 is 1.67 bits per heavy atom. The second-order valence-electron chi connectivity index (χ2n) is 6.53. The predicted molar refractivity (Wildman–Crippen MR) is 96.1 cm³/mol.